The maximum absolute atomic E-state index is 11.9. The summed E-state index contributed by atoms with van der Waals surface area (Å²) >= 11 is 0. The Balaban J connectivity index is 1.50. The van der Waals surface area contributed by atoms with Crippen molar-refractivity contribution >= 4 is 16.9 Å². The normalized spacial score (nSPS) is 10.9. The van der Waals surface area contributed by atoms with Gasteiger partial charge in [-0.3, -0.25) is 9.48 Å². The number of amides is 1. The number of carbonyl (C=O) groups excluding carboxylic acids is 1. The number of nitrogens with zero attached hydrogens (tertiary/aromatic N) is 3. The molecule has 0 saturated carbocycles. The van der Waals surface area contributed by atoms with Gasteiger partial charge in [0, 0.05) is 26.2 Å². The molecule has 0 aliphatic heterocycles. The van der Waals surface area contributed by atoms with Crippen molar-refractivity contribution in [2.24, 2.45) is 7.05 Å². The highest BCUT2D eigenvalue weighted by Gasteiger charge is 2.04. The number of H-pyrrole nitrogens is 1. The third-order valence-corrected chi connectivity index (χ3v) is 3.37. The lowest BCUT2D eigenvalue weighted by Crippen LogP contribution is -2.22. The minimum absolute atomic E-state index is 0.0450. The SMILES string of the molecule is Cn1cc(CCC(=O)NCc2ccc3nc[nH]c3c2)cn1. The fourth-order valence-electron chi connectivity index (χ4n) is 2.24. The van der Waals surface area contributed by atoms with Crippen LogP contribution in [-0.4, -0.2) is 25.7 Å². The maximum atomic E-state index is 11.9. The molecule has 0 bridgehead atoms. The molecule has 0 saturated heterocycles. The molecule has 0 atom stereocenters. The number of nitrogens with one attached hydrogen (secondary N) is 2. The zero-order valence-corrected chi connectivity index (χ0v) is 11.8. The third-order valence-electron chi connectivity index (χ3n) is 3.37. The van der Waals surface area contributed by atoms with E-state index in [0.717, 1.165) is 22.2 Å². The van der Waals surface area contributed by atoms with Crippen LogP contribution in [0.25, 0.3) is 11.0 Å². The number of aromatic amines is 1. The smallest absolute Gasteiger partial charge is 0.220 e. The molecule has 3 rings (SSSR count). The summed E-state index contributed by atoms with van der Waals surface area (Å²) in [7, 11) is 1.87. The Morgan fingerprint density at radius 3 is 3.10 bits per heavy atom. The predicted molar refractivity (Wildman–Crippen MR) is 79.5 cm³/mol. The first-order valence-electron chi connectivity index (χ1n) is 6.87. The lowest BCUT2D eigenvalue weighted by atomic mass is 10.1. The Morgan fingerprint density at radius 2 is 2.29 bits per heavy atom. The Labute approximate surface area is 122 Å². The van der Waals surface area contributed by atoms with Crippen LogP contribution in [0.2, 0.25) is 0 Å². The van der Waals surface area contributed by atoms with E-state index in [1.54, 1.807) is 17.2 Å². The summed E-state index contributed by atoms with van der Waals surface area (Å²) in [5, 5.41) is 7.02. The van der Waals surface area contributed by atoms with Crippen molar-refractivity contribution in [3.8, 4) is 0 Å². The number of aromatic nitrogens is 4. The van der Waals surface area contributed by atoms with Gasteiger partial charge in [-0.1, -0.05) is 6.07 Å². The highest BCUT2D eigenvalue weighted by atomic mass is 16.1. The molecule has 3 aromatic rings. The molecule has 21 heavy (non-hydrogen) atoms. The molecular weight excluding hydrogens is 266 g/mol. The van der Waals surface area contributed by atoms with Crippen LogP contribution in [0.1, 0.15) is 17.5 Å². The van der Waals surface area contributed by atoms with Gasteiger partial charge >= 0.3 is 0 Å². The third kappa shape index (κ3) is 3.28. The maximum Gasteiger partial charge on any atom is 0.220 e. The van der Waals surface area contributed by atoms with Crippen molar-refractivity contribution in [1.29, 1.82) is 0 Å². The first-order valence-corrected chi connectivity index (χ1v) is 6.87. The summed E-state index contributed by atoms with van der Waals surface area (Å²) < 4.78 is 1.74. The molecule has 0 spiro atoms. The van der Waals surface area contributed by atoms with Gasteiger partial charge in [0.15, 0.2) is 0 Å². The summed E-state index contributed by atoms with van der Waals surface area (Å²) in [5.74, 6) is 0.0450. The number of benzene rings is 1. The van der Waals surface area contributed by atoms with Crippen LogP contribution in [0.4, 0.5) is 0 Å². The number of imidazole rings is 1. The number of aryl methyl sites for hydroxylation is 2. The van der Waals surface area contributed by atoms with Crippen molar-refractivity contribution in [3.05, 3.63) is 48.0 Å². The Bertz CT molecular complexity index is 758. The van der Waals surface area contributed by atoms with Gasteiger partial charge < -0.3 is 10.3 Å². The Hall–Kier alpha value is -2.63. The zero-order valence-electron chi connectivity index (χ0n) is 11.8. The fourth-order valence-corrected chi connectivity index (χ4v) is 2.24. The fraction of sp³-hybridized carbons (Fsp3) is 0.267. The second-order valence-electron chi connectivity index (χ2n) is 5.05. The molecule has 108 valence electrons. The molecule has 6 nitrogen and oxygen atoms in total. The van der Waals surface area contributed by atoms with Gasteiger partial charge in [0.05, 0.1) is 23.6 Å². The van der Waals surface area contributed by atoms with E-state index in [1.807, 2.05) is 31.4 Å². The number of hydrogen-bond acceptors (Lipinski definition) is 3. The lowest BCUT2D eigenvalue weighted by Gasteiger charge is -2.05. The average Bonchev–Trinajstić information content (AvgIpc) is 3.10. The minimum atomic E-state index is 0.0450. The molecule has 6 heteroatoms. The largest absolute Gasteiger partial charge is 0.352 e. The number of hydrogen-bond donors (Lipinski definition) is 2. The first kappa shape index (κ1) is 13.4. The summed E-state index contributed by atoms with van der Waals surface area (Å²) in [5.41, 5.74) is 4.05. The summed E-state index contributed by atoms with van der Waals surface area (Å²) in [6, 6.07) is 5.93. The van der Waals surface area contributed by atoms with E-state index in [-0.39, 0.29) is 5.91 Å². The predicted octanol–water partition coefficient (Wildman–Crippen LogP) is 1.55. The zero-order chi connectivity index (χ0) is 14.7. The Kier molecular flexibility index (Phi) is 3.68. The Morgan fingerprint density at radius 1 is 1.38 bits per heavy atom. The highest BCUT2D eigenvalue weighted by molar-refractivity contribution is 5.77. The van der Waals surface area contributed by atoms with Gasteiger partial charge in [-0.2, -0.15) is 5.10 Å². The van der Waals surface area contributed by atoms with E-state index in [2.05, 4.69) is 20.4 Å². The van der Waals surface area contributed by atoms with Gasteiger partial charge in [-0.25, -0.2) is 4.98 Å². The monoisotopic (exact) mass is 283 g/mol. The summed E-state index contributed by atoms with van der Waals surface area (Å²) in [6.45, 7) is 0.529. The standard InChI is InChI=1S/C15H17N5O/c1-20-9-12(8-19-20)3-5-15(21)16-7-11-2-4-13-14(6-11)18-10-17-13/h2,4,6,8-10H,3,5,7H2,1H3,(H,16,21)(H,17,18). The van der Waals surface area contributed by atoms with E-state index >= 15 is 0 Å². The van der Waals surface area contributed by atoms with Crippen LogP contribution < -0.4 is 5.32 Å². The van der Waals surface area contributed by atoms with Crippen molar-refractivity contribution in [2.45, 2.75) is 19.4 Å². The molecule has 2 heterocycles. The van der Waals surface area contributed by atoms with Crippen LogP contribution in [-0.2, 0) is 24.8 Å². The van der Waals surface area contributed by atoms with Crippen molar-refractivity contribution in [1.82, 2.24) is 25.1 Å². The van der Waals surface area contributed by atoms with Gasteiger partial charge in [0.25, 0.3) is 0 Å². The van der Waals surface area contributed by atoms with Crippen LogP contribution >= 0.6 is 0 Å². The molecule has 0 radical (unpaired) electrons. The van der Waals surface area contributed by atoms with Gasteiger partial charge in [-0.15, -0.1) is 0 Å². The van der Waals surface area contributed by atoms with E-state index in [1.165, 1.54) is 0 Å². The van der Waals surface area contributed by atoms with Crippen LogP contribution in [0.15, 0.2) is 36.9 Å². The summed E-state index contributed by atoms with van der Waals surface area (Å²) in [6.07, 6.45) is 6.57. The molecule has 0 fully saturated rings. The van der Waals surface area contributed by atoms with Crippen LogP contribution in [0, 0.1) is 0 Å². The highest BCUT2D eigenvalue weighted by Crippen LogP contribution is 2.11. The molecule has 0 aliphatic carbocycles. The first-order chi connectivity index (χ1) is 10.2. The van der Waals surface area contributed by atoms with Crippen LogP contribution in [0.5, 0.6) is 0 Å². The van der Waals surface area contributed by atoms with Crippen LogP contribution in [0.3, 0.4) is 0 Å². The lowest BCUT2D eigenvalue weighted by molar-refractivity contribution is -0.121. The molecular formula is C15H17N5O. The van der Waals surface area contributed by atoms with E-state index in [0.29, 0.717) is 19.4 Å². The topological polar surface area (TPSA) is 75.6 Å². The minimum Gasteiger partial charge on any atom is -0.352 e. The average molecular weight is 283 g/mol. The number of rotatable bonds is 5. The molecule has 1 aromatic carbocycles. The van der Waals surface area contributed by atoms with Gasteiger partial charge in [0.2, 0.25) is 5.91 Å². The van der Waals surface area contributed by atoms with Gasteiger partial charge in [-0.05, 0) is 29.7 Å². The molecule has 2 aromatic heterocycles. The molecule has 0 aliphatic rings. The van der Waals surface area contributed by atoms with E-state index < -0.39 is 0 Å². The van der Waals surface area contributed by atoms with Crippen molar-refractivity contribution < 1.29 is 4.79 Å². The quantitative estimate of drug-likeness (QED) is 0.746. The molecule has 2 N–H and O–H groups in total. The van der Waals surface area contributed by atoms with Crippen molar-refractivity contribution in [2.75, 3.05) is 0 Å². The second-order valence-corrected chi connectivity index (χ2v) is 5.05. The van der Waals surface area contributed by atoms with Crippen molar-refractivity contribution in [3.63, 3.8) is 0 Å². The van der Waals surface area contributed by atoms with Gasteiger partial charge in [0.1, 0.15) is 0 Å². The summed E-state index contributed by atoms with van der Waals surface area (Å²) in [4.78, 5) is 19.1. The molecule has 1 amide bonds. The molecule has 0 unspecified atom stereocenters. The van der Waals surface area contributed by atoms with E-state index in [4.69, 9.17) is 0 Å². The van der Waals surface area contributed by atoms with E-state index in [9.17, 15) is 4.79 Å². The second kappa shape index (κ2) is 5.78. The number of fused-ring (bicyclic) bond motifs is 1. The number of carbonyl (C=O) groups is 1.